The number of carbonyl (C=O) groups is 1. The molecule has 0 aliphatic rings. The summed E-state index contributed by atoms with van der Waals surface area (Å²) in [6.07, 6.45) is -0.774. The highest BCUT2D eigenvalue weighted by Crippen LogP contribution is 2.24. The zero-order chi connectivity index (χ0) is 16.9. The predicted octanol–water partition coefficient (Wildman–Crippen LogP) is 3.80. The number of benzene rings is 2. The van der Waals surface area contributed by atoms with E-state index in [1.807, 2.05) is 30.3 Å². The lowest BCUT2D eigenvalue weighted by atomic mass is 10.2. The van der Waals surface area contributed by atoms with E-state index in [0.29, 0.717) is 16.7 Å². The SMILES string of the molecule is C[C@@H](Oc1ccccc1Cl)C(=O)Nc1noc(-c2ccccc2)n1. The maximum atomic E-state index is 12.2. The molecule has 1 heterocycles. The summed E-state index contributed by atoms with van der Waals surface area (Å²) in [4.78, 5) is 16.3. The van der Waals surface area contributed by atoms with Crippen molar-refractivity contribution < 1.29 is 14.1 Å². The Morgan fingerprint density at radius 3 is 2.62 bits per heavy atom. The quantitative estimate of drug-likeness (QED) is 0.762. The summed E-state index contributed by atoms with van der Waals surface area (Å²) in [7, 11) is 0. The molecule has 6 nitrogen and oxygen atoms in total. The first kappa shape index (κ1) is 16.0. The monoisotopic (exact) mass is 343 g/mol. The number of halogens is 1. The highest BCUT2D eigenvalue weighted by molar-refractivity contribution is 6.32. The first-order chi connectivity index (χ1) is 11.6. The van der Waals surface area contributed by atoms with Crippen LogP contribution in [0.5, 0.6) is 5.75 Å². The Morgan fingerprint density at radius 1 is 1.17 bits per heavy atom. The van der Waals surface area contributed by atoms with Crippen LogP contribution in [0.15, 0.2) is 59.1 Å². The van der Waals surface area contributed by atoms with Crippen molar-refractivity contribution in [3.63, 3.8) is 0 Å². The number of aromatic nitrogens is 2. The molecular weight excluding hydrogens is 330 g/mol. The van der Waals surface area contributed by atoms with Crippen LogP contribution in [0.1, 0.15) is 6.92 Å². The highest BCUT2D eigenvalue weighted by Gasteiger charge is 2.19. The first-order valence-corrected chi connectivity index (χ1v) is 7.62. The van der Waals surface area contributed by atoms with Gasteiger partial charge in [0.05, 0.1) is 5.02 Å². The molecule has 1 N–H and O–H groups in total. The third-order valence-electron chi connectivity index (χ3n) is 3.19. The van der Waals surface area contributed by atoms with Gasteiger partial charge in [-0.25, -0.2) is 0 Å². The Labute approximate surface area is 143 Å². The summed E-state index contributed by atoms with van der Waals surface area (Å²) < 4.78 is 10.7. The number of ether oxygens (including phenoxy) is 1. The zero-order valence-corrected chi connectivity index (χ0v) is 13.5. The van der Waals surface area contributed by atoms with Gasteiger partial charge >= 0.3 is 0 Å². The third kappa shape index (κ3) is 3.72. The first-order valence-electron chi connectivity index (χ1n) is 7.24. The minimum Gasteiger partial charge on any atom is -0.479 e. The van der Waals surface area contributed by atoms with E-state index in [-0.39, 0.29) is 5.95 Å². The van der Waals surface area contributed by atoms with E-state index in [1.165, 1.54) is 0 Å². The molecule has 3 rings (SSSR count). The van der Waals surface area contributed by atoms with Gasteiger partial charge in [0.1, 0.15) is 5.75 Å². The Hall–Kier alpha value is -2.86. The second-order valence-corrected chi connectivity index (χ2v) is 5.38. The van der Waals surface area contributed by atoms with E-state index in [1.54, 1.807) is 31.2 Å². The third-order valence-corrected chi connectivity index (χ3v) is 3.50. The molecule has 0 radical (unpaired) electrons. The number of rotatable bonds is 5. The maximum Gasteiger partial charge on any atom is 0.270 e. The van der Waals surface area contributed by atoms with Gasteiger partial charge in [0, 0.05) is 5.56 Å². The smallest absolute Gasteiger partial charge is 0.270 e. The Bertz CT molecular complexity index is 836. The van der Waals surface area contributed by atoms with E-state index in [2.05, 4.69) is 15.5 Å². The van der Waals surface area contributed by atoms with Gasteiger partial charge in [-0.1, -0.05) is 41.9 Å². The highest BCUT2D eigenvalue weighted by atomic mass is 35.5. The molecule has 1 aromatic heterocycles. The van der Waals surface area contributed by atoms with Gasteiger partial charge < -0.3 is 9.26 Å². The van der Waals surface area contributed by atoms with Crippen molar-refractivity contribution in [2.24, 2.45) is 0 Å². The fourth-order valence-corrected chi connectivity index (χ4v) is 2.15. The lowest BCUT2D eigenvalue weighted by Gasteiger charge is -2.14. The molecular formula is C17H14ClN3O3. The number of carbonyl (C=O) groups excluding carboxylic acids is 1. The van der Waals surface area contributed by atoms with Crippen LogP contribution in [0, 0.1) is 0 Å². The van der Waals surface area contributed by atoms with Crippen molar-refractivity contribution in [1.29, 1.82) is 0 Å². The molecule has 0 saturated heterocycles. The normalized spacial score (nSPS) is 11.8. The molecule has 0 fully saturated rings. The van der Waals surface area contributed by atoms with Crippen LogP contribution in [0.2, 0.25) is 5.02 Å². The minimum absolute atomic E-state index is 0.0773. The molecule has 0 aliphatic carbocycles. The fraction of sp³-hybridized carbons (Fsp3) is 0.118. The second kappa shape index (κ2) is 7.14. The molecule has 0 spiro atoms. The van der Waals surface area contributed by atoms with Crippen LogP contribution in [0.25, 0.3) is 11.5 Å². The number of hydrogen-bond donors (Lipinski definition) is 1. The topological polar surface area (TPSA) is 77.2 Å². The van der Waals surface area contributed by atoms with Gasteiger partial charge in [0.25, 0.3) is 17.7 Å². The van der Waals surface area contributed by atoms with Crippen LogP contribution in [0.4, 0.5) is 5.95 Å². The fourth-order valence-electron chi connectivity index (χ4n) is 1.97. The molecule has 1 atom stereocenters. The summed E-state index contributed by atoms with van der Waals surface area (Å²) in [6.45, 7) is 1.61. The number of nitrogens with zero attached hydrogens (tertiary/aromatic N) is 2. The summed E-state index contributed by atoms with van der Waals surface area (Å²) >= 11 is 6.01. The molecule has 122 valence electrons. The Morgan fingerprint density at radius 2 is 1.88 bits per heavy atom. The summed E-state index contributed by atoms with van der Waals surface area (Å²) in [5.74, 6) is 0.425. The zero-order valence-electron chi connectivity index (χ0n) is 12.8. The molecule has 3 aromatic rings. The molecule has 0 bridgehead atoms. The van der Waals surface area contributed by atoms with Crippen LogP contribution in [-0.4, -0.2) is 22.2 Å². The van der Waals surface area contributed by atoms with Gasteiger partial charge in [-0.05, 0) is 36.3 Å². The van der Waals surface area contributed by atoms with Crippen molar-refractivity contribution in [2.75, 3.05) is 5.32 Å². The van der Waals surface area contributed by atoms with Crippen LogP contribution in [0.3, 0.4) is 0 Å². The average molecular weight is 344 g/mol. The molecule has 2 aromatic carbocycles. The number of nitrogens with one attached hydrogen (secondary N) is 1. The Kier molecular flexibility index (Phi) is 4.77. The molecule has 0 unspecified atom stereocenters. The number of hydrogen-bond acceptors (Lipinski definition) is 5. The molecule has 0 aliphatic heterocycles. The van der Waals surface area contributed by atoms with Gasteiger partial charge in [-0.15, -0.1) is 0 Å². The van der Waals surface area contributed by atoms with Crippen molar-refractivity contribution in [2.45, 2.75) is 13.0 Å². The van der Waals surface area contributed by atoms with Crippen molar-refractivity contribution in [3.05, 3.63) is 59.6 Å². The van der Waals surface area contributed by atoms with Crippen molar-refractivity contribution >= 4 is 23.5 Å². The standard InChI is InChI=1S/C17H14ClN3O3/c1-11(23-14-10-6-5-9-13(14)18)15(22)19-17-20-16(24-21-17)12-7-3-2-4-8-12/h2-11H,1H3,(H,19,21,22)/t11-/m1/s1. The number of para-hydroxylation sites is 1. The average Bonchev–Trinajstić information content (AvgIpc) is 3.06. The van der Waals surface area contributed by atoms with E-state index in [0.717, 1.165) is 5.56 Å². The van der Waals surface area contributed by atoms with Gasteiger partial charge in [-0.3, -0.25) is 10.1 Å². The molecule has 0 saturated carbocycles. The van der Waals surface area contributed by atoms with Gasteiger partial charge in [-0.2, -0.15) is 4.98 Å². The maximum absolute atomic E-state index is 12.2. The van der Waals surface area contributed by atoms with Crippen molar-refractivity contribution in [3.8, 4) is 17.2 Å². The molecule has 24 heavy (non-hydrogen) atoms. The van der Waals surface area contributed by atoms with Crippen LogP contribution < -0.4 is 10.1 Å². The molecule has 1 amide bonds. The summed E-state index contributed by atoms with van der Waals surface area (Å²) in [6, 6.07) is 16.2. The van der Waals surface area contributed by atoms with Gasteiger partial charge in [0.15, 0.2) is 6.10 Å². The van der Waals surface area contributed by atoms with E-state index in [9.17, 15) is 4.79 Å². The minimum atomic E-state index is -0.774. The summed E-state index contributed by atoms with van der Waals surface area (Å²) in [5, 5.41) is 6.72. The van der Waals surface area contributed by atoms with Gasteiger partial charge in [0.2, 0.25) is 0 Å². The van der Waals surface area contributed by atoms with Crippen molar-refractivity contribution in [1.82, 2.24) is 10.1 Å². The lowest BCUT2D eigenvalue weighted by molar-refractivity contribution is -0.122. The Balaban J connectivity index is 1.65. The number of anilines is 1. The predicted molar refractivity (Wildman–Crippen MR) is 89.9 cm³/mol. The van der Waals surface area contributed by atoms with E-state index in [4.69, 9.17) is 20.9 Å². The number of amides is 1. The van der Waals surface area contributed by atoms with E-state index < -0.39 is 12.0 Å². The summed E-state index contributed by atoms with van der Waals surface area (Å²) in [5.41, 5.74) is 0.769. The largest absolute Gasteiger partial charge is 0.479 e. The molecule has 7 heteroatoms. The van der Waals surface area contributed by atoms with Crippen LogP contribution >= 0.6 is 11.6 Å². The van der Waals surface area contributed by atoms with Crippen LogP contribution in [-0.2, 0) is 4.79 Å². The van der Waals surface area contributed by atoms with E-state index >= 15 is 0 Å². The second-order valence-electron chi connectivity index (χ2n) is 4.97. The lowest BCUT2D eigenvalue weighted by Crippen LogP contribution is -2.30.